The number of H-pyrrole nitrogens is 1. The van der Waals surface area contributed by atoms with Gasteiger partial charge in [-0.25, -0.2) is 0 Å². The van der Waals surface area contributed by atoms with Crippen molar-refractivity contribution in [1.82, 2.24) is 29.1 Å². The van der Waals surface area contributed by atoms with Gasteiger partial charge < -0.3 is 9.55 Å². The van der Waals surface area contributed by atoms with Crippen LogP contribution in [0.1, 0.15) is 23.5 Å². The molecule has 0 aliphatic carbocycles. The lowest BCUT2D eigenvalue weighted by Crippen LogP contribution is -2.08. The maximum absolute atomic E-state index is 5.43. The van der Waals surface area contributed by atoms with Gasteiger partial charge in [0, 0.05) is 25.8 Å². The van der Waals surface area contributed by atoms with Crippen LogP contribution in [0.3, 0.4) is 0 Å². The Kier molecular flexibility index (Phi) is 3.44. The zero-order chi connectivity index (χ0) is 15.1. The quantitative estimate of drug-likeness (QED) is 0.754. The zero-order valence-electron chi connectivity index (χ0n) is 12.8. The summed E-state index contributed by atoms with van der Waals surface area (Å²) in [5.74, 6) is 0. The second-order valence-electron chi connectivity index (χ2n) is 5.49. The van der Waals surface area contributed by atoms with Gasteiger partial charge in [-0.1, -0.05) is 0 Å². The number of aromatic amines is 1. The third-order valence-electron chi connectivity index (χ3n) is 3.78. The highest BCUT2D eigenvalue weighted by Crippen LogP contribution is 2.17. The number of hydrogen-bond donors (Lipinski definition) is 1. The summed E-state index contributed by atoms with van der Waals surface area (Å²) >= 11 is 5.43. The highest BCUT2D eigenvalue weighted by molar-refractivity contribution is 7.71. The topological polar surface area (TPSA) is 56.4 Å². The summed E-state index contributed by atoms with van der Waals surface area (Å²) in [6, 6.07) is 2.10. The van der Waals surface area contributed by atoms with Crippen molar-refractivity contribution in [3.05, 3.63) is 27.9 Å². The lowest BCUT2D eigenvalue weighted by Gasteiger charge is -2.06. The zero-order valence-corrected chi connectivity index (χ0v) is 13.7. The summed E-state index contributed by atoms with van der Waals surface area (Å²) in [7, 11) is 1.95. The lowest BCUT2D eigenvalue weighted by molar-refractivity contribution is 0.514. The van der Waals surface area contributed by atoms with E-state index >= 15 is 0 Å². The van der Waals surface area contributed by atoms with E-state index in [-0.39, 0.29) is 0 Å². The van der Waals surface area contributed by atoms with E-state index in [0.717, 1.165) is 46.8 Å². The maximum atomic E-state index is 5.43. The van der Waals surface area contributed by atoms with Gasteiger partial charge in [0.2, 0.25) is 0 Å². The Hall–Kier alpha value is -1.89. The van der Waals surface area contributed by atoms with Crippen LogP contribution in [0, 0.1) is 25.5 Å². The minimum atomic E-state index is 0.759. The third-order valence-corrected chi connectivity index (χ3v) is 4.10. The number of nitrogens with one attached hydrogen (secondary N) is 1. The van der Waals surface area contributed by atoms with Gasteiger partial charge in [-0.05, 0) is 45.5 Å². The molecule has 0 radical (unpaired) electrons. The molecule has 3 aromatic rings. The van der Waals surface area contributed by atoms with E-state index in [4.69, 9.17) is 12.2 Å². The van der Waals surface area contributed by atoms with Crippen LogP contribution >= 0.6 is 12.2 Å². The Morgan fingerprint density at radius 1 is 1.19 bits per heavy atom. The Morgan fingerprint density at radius 2 is 1.95 bits per heavy atom. The van der Waals surface area contributed by atoms with Gasteiger partial charge in [-0.2, -0.15) is 10.2 Å². The summed E-state index contributed by atoms with van der Waals surface area (Å²) in [6.45, 7) is 7.85. The van der Waals surface area contributed by atoms with Crippen LogP contribution in [0.25, 0.3) is 11.2 Å². The van der Waals surface area contributed by atoms with Gasteiger partial charge in [-0.3, -0.25) is 9.36 Å². The van der Waals surface area contributed by atoms with Crippen molar-refractivity contribution in [2.24, 2.45) is 7.05 Å². The van der Waals surface area contributed by atoms with E-state index < -0.39 is 0 Å². The van der Waals surface area contributed by atoms with Crippen molar-refractivity contribution < 1.29 is 0 Å². The first kappa shape index (κ1) is 14.1. The third kappa shape index (κ3) is 2.42. The fourth-order valence-corrected chi connectivity index (χ4v) is 3.14. The average molecular weight is 304 g/mol. The van der Waals surface area contributed by atoms with Gasteiger partial charge >= 0.3 is 0 Å². The molecular formula is C14H20N6S. The Balaban J connectivity index is 1.81. The number of fused-ring (bicyclic) bond motifs is 1. The number of rotatable bonds is 4. The first-order valence-corrected chi connectivity index (χ1v) is 7.51. The maximum Gasteiger partial charge on any atom is 0.179 e. The molecular weight excluding hydrogens is 284 g/mol. The van der Waals surface area contributed by atoms with Gasteiger partial charge in [0.15, 0.2) is 10.4 Å². The predicted octanol–water partition coefficient (Wildman–Crippen LogP) is 2.64. The highest BCUT2D eigenvalue weighted by atomic mass is 32.1. The molecule has 0 atom stereocenters. The highest BCUT2D eigenvalue weighted by Gasteiger charge is 2.12. The fraction of sp³-hybridized carbons (Fsp3) is 0.500. The number of aryl methyl sites for hydroxylation is 6. The van der Waals surface area contributed by atoms with E-state index in [2.05, 4.69) is 37.4 Å². The van der Waals surface area contributed by atoms with E-state index in [0.29, 0.717) is 0 Å². The van der Waals surface area contributed by atoms with Crippen LogP contribution < -0.4 is 0 Å². The van der Waals surface area contributed by atoms with Crippen LogP contribution in [0.2, 0.25) is 0 Å². The van der Waals surface area contributed by atoms with E-state index in [1.807, 2.05) is 25.6 Å². The molecule has 112 valence electrons. The molecule has 0 fully saturated rings. The van der Waals surface area contributed by atoms with Crippen LogP contribution in [0.5, 0.6) is 0 Å². The van der Waals surface area contributed by atoms with Crippen molar-refractivity contribution in [3.63, 3.8) is 0 Å². The number of nitrogens with zero attached hydrogens (tertiary/aromatic N) is 5. The smallest absolute Gasteiger partial charge is 0.179 e. The van der Waals surface area contributed by atoms with Crippen LogP contribution in [-0.4, -0.2) is 29.1 Å². The molecule has 6 nitrogen and oxygen atoms in total. The van der Waals surface area contributed by atoms with Gasteiger partial charge in [0.25, 0.3) is 0 Å². The van der Waals surface area contributed by atoms with Crippen LogP contribution in [-0.2, 0) is 20.1 Å². The molecule has 0 aliphatic heterocycles. The molecule has 0 bridgehead atoms. The van der Waals surface area contributed by atoms with E-state index in [9.17, 15) is 0 Å². The van der Waals surface area contributed by atoms with E-state index in [1.54, 1.807) is 0 Å². The minimum absolute atomic E-state index is 0.759. The molecule has 21 heavy (non-hydrogen) atoms. The normalized spacial score (nSPS) is 11.6. The summed E-state index contributed by atoms with van der Waals surface area (Å²) in [6.07, 6.45) is 0.980. The van der Waals surface area contributed by atoms with Crippen molar-refractivity contribution in [1.29, 1.82) is 0 Å². The first-order chi connectivity index (χ1) is 9.97. The molecule has 0 saturated heterocycles. The van der Waals surface area contributed by atoms with Gasteiger partial charge in [0.05, 0.1) is 11.4 Å². The van der Waals surface area contributed by atoms with Crippen molar-refractivity contribution >= 4 is 23.4 Å². The summed E-state index contributed by atoms with van der Waals surface area (Å²) in [5.41, 5.74) is 5.34. The Morgan fingerprint density at radius 3 is 2.62 bits per heavy atom. The molecule has 3 aromatic heterocycles. The van der Waals surface area contributed by atoms with Crippen molar-refractivity contribution in [2.75, 3.05) is 0 Å². The number of imidazole rings is 1. The Bertz CT molecular complexity index is 847. The average Bonchev–Trinajstić information content (AvgIpc) is 2.98. The SMILES string of the molecule is Cc1cc(C)n(CCCn2c(=S)[nH]c3c(C)nn(C)c32)n1. The molecule has 3 heterocycles. The summed E-state index contributed by atoms with van der Waals surface area (Å²) in [5, 5.41) is 8.93. The number of hydrogen-bond acceptors (Lipinski definition) is 3. The molecule has 0 spiro atoms. The van der Waals surface area contributed by atoms with Crippen molar-refractivity contribution in [3.8, 4) is 0 Å². The molecule has 0 saturated carbocycles. The molecule has 0 aromatic carbocycles. The van der Waals surface area contributed by atoms with Crippen LogP contribution in [0.4, 0.5) is 0 Å². The monoisotopic (exact) mass is 304 g/mol. The lowest BCUT2D eigenvalue weighted by atomic mass is 10.3. The van der Waals surface area contributed by atoms with Crippen molar-refractivity contribution in [2.45, 2.75) is 40.3 Å². The summed E-state index contributed by atoms with van der Waals surface area (Å²) in [4.78, 5) is 3.25. The Labute approximate surface area is 128 Å². The molecule has 0 unspecified atom stereocenters. The number of aromatic nitrogens is 6. The molecule has 3 rings (SSSR count). The van der Waals surface area contributed by atoms with E-state index in [1.165, 1.54) is 5.69 Å². The second-order valence-corrected chi connectivity index (χ2v) is 5.88. The second kappa shape index (κ2) is 5.14. The first-order valence-electron chi connectivity index (χ1n) is 7.10. The molecule has 7 heteroatoms. The minimum Gasteiger partial charge on any atom is -0.328 e. The molecule has 0 aliphatic rings. The van der Waals surface area contributed by atoms with Gasteiger partial charge in [0.1, 0.15) is 5.52 Å². The van der Waals surface area contributed by atoms with Crippen LogP contribution in [0.15, 0.2) is 6.07 Å². The summed E-state index contributed by atoms with van der Waals surface area (Å²) < 4.78 is 6.82. The molecule has 1 N–H and O–H groups in total. The van der Waals surface area contributed by atoms with Gasteiger partial charge in [-0.15, -0.1) is 0 Å². The predicted molar refractivity (Wildman–Crippen MR) is 84.9 cm³/mol. The standard InChI is InChI=1S/C14H20N6S/c1-9-8-10(2)20(16-9)7-5-6-19-13-12(15-14(19)21)11(3)17-18(13)4/h8H,5-7H2,1-4H3,(H,15,21). The fourth-order valence-electron chi connectivity index (χ4n) is 2.86. The molecule has 0 amide bonds. The largest absolute Gasteiger partial charge is 0.328 e.